The number of nitrogens with one attached hydrogen (secondary N) is 1. The number of methoxy groups -OCH3 is 1. The lowest BCUT2D eigenvalue weighted by molar-refractivity contribution is 0.0596. The van der Waals surface area contributed by atoms with Crippen molar-refractivity contribution in [3.63, 3.8) is 0 Å². The zero-order valence-corrected chi connectivity index (χ0v) is 21.9. The summed E-state index contributed by atoms with van der Waals surface area (Å²) in [6, 6.07) is 16.5. The molecule has 1 aliphatic rings. The monoisotopic (exact) mass is 534 g/mol. The van der Waals surface area contributed by atoms with Crippen molar-refractivity contribution in [3.05, 3.63) is 98.8 Å². The molecule has 0 unspecified atom stereocenters. The molecule has 2 heterocycles. The molecule has 9 nitrogen and oxygen atoms in total. The van der Waals surface area contributed by atoms with Crippen LogP contribution in [0.2, 0.25) is 0 Å². The number of hydrogen-bond donors (Lipinski definition) is 1. The van der Waals surface area contributed by atoms with E-state index in [2.05, 4.69) is 4.98 Å². The van der Waals surface area contributed by atoms with Gasteiger partial charge in [0, 0.05) is 18.7 Å². The number of sulfonamides is 1. The normalized spacial score (nSPS) is 12.7. The summed E-state index contributed by atoms with van der Waals surface area (Å²) in [6.45, 7) is 3.65. The SMILES string of the molecule is COC(=O)c1ccccc1S(=O)(=O)N(Cc1ccc2c(c1)OCO2)Cc1cc2ccc(C)c(C)c2[nH]c1=O. The van der Waals surface area contributed by atoms with E-state index in [9.17, 15) is 18.0 Å². The average molecular weight is 535 g/mol. The smallest absolute Gasteiger partial charge is 0.339 e. The number of carbonyl (C=O) groups excluding carboxylic acids is 1. The Balaban J connectivity index is 1.61. The lowest BCUT2D eigenvalue weighted by atomic mass is 10.0. The van der Waals surface area contributed by atoms with E-state index in [0.717, 1.165) is 16.5 Å². The molecule has 5 rings (SSSR count). The first-order chi connectivity index (χ1) is 18.2. The first-order valence-corrected chi connectivity index (χ1v) is 13.3. The lowest BCUT2D eigenvalue weighted by Gasteiger charge is -2.23. The van der Waals surface area contributed by atoms with E-state index in [1.54, 1.807) is 30.3 Å². The highest BCUT2D eigenvalue weighted by Crippen LogP contribution is 2.34. The minimum atomic E-state index is -4.27. The number of aromatic amines is 1. The van der Waals surface area contributed by atoms with Crippen molar-refractivity contribution in [2.45, 2.75) is 31.8 Å². The third-order valence-corrected chi connectivity index (χ3v) is 8.53. The summed E-state index contributed by atoms with van der Waals surface area (Å²) in [6.07, 6.45) is 0. The van der Waals surface area contributed by atoms with Crippen LogP contribution in [0.1, 0.15) is 32.6 Å². The number of nitrogens with zero attached hydrogens (tertiary/aromatic N) is 1. The zero-order chi connectivity index (χ0) is 27.0. The molecule has 0 saturated heterocycles. The van der Waals surface area contributed by atoms with Gasteiger partial charge in [-0.25, -0.2) is 13.2 Å². The van der Waals surface area contributed by atoms with Crippen LogP contribution in [-0.2, 0) is 27.8 Å². The van der Waals surface area contributed by atoms with Crippen molar-refractivity contribution in [1.29, 1.82) is 0 Å². The molecular weight excluding hydrogens is 508 g/mol. The quantitative estimate of drug-likeness (QED) is 0.356. The maximum atomic E-state index is 14.0. The number of rotatable bonds is 7. The van der Waals surface area contributed by atoms with E-state index in [0.29, 0.717) is 22.6 Å². The van der Waals surface area contributed by atoms with Crippen LogP contribution in [0.3, 0.4) is 0 Å². The van der Waals surface area contributed by atoms with Gasteiger partial charge in [0.2, 0.25) is 16.8 Å². The van der Waals surface area contributed by atoms with Gasteiger partial charge < -0.3 is 19.2 Å². The molecule has 0 bridgehead atoms. The Labute approximate surface area is 219 Å². The molecule has 3 aromatic carbocycles. The number of esters is 1. The molecule has 0 spiro atoms. The summed E-state index contributed by atoms with van der Waals surface area (Å²) in [4.78, 5) is 28.3. The largest absolute Gasteiger partial charge is 0.465 e. The van der Waals surface area contributed by atoms with Crippen molar-refractivity contribution in [3.8, 4) is 11.5 Å². The lowest BCUT2D eigenvalue weighted by Crippen LogP contribution is -2.33. The Morgan fingerprint density at radius 3 is 2.55 bits per heavy atom. The number of carbonyl (C=O) groups is 1. The molecule has 0 amide bonds. The highest BCUT2D eigenvalue weighted by Gasteiger charge is 2.31. The van der Waals surface area contributed by atoms with Crippen molar-refractivity contribution in [1.82, 2.24) is 9.29 Å². The Morgan fingerprint density at radius 1 is 1.00 bits per heavy atom. The molecule has 38 heavy (non-hydrogen) atoms. The molecule has 0 atom stereocenters. The standard InChI is InChI=1S/C28H26N2O7S/c1-17-8-10-20-13-21(27(31)29-26(20)18(17)2)15-30(14-19-9-11-23-24(12-19)37-16-36-23)38(33,34)25-7-5-4-6-22(25)28(32)35-3/h4-13H,14-16H2,1-3H3,(H,29,31). The Kier molecular flexibility index (Phi) is 6.68. The fraction of sp³-hybridized carbons (Fsp3) is 0.214. The third-order valence-electron chi connectivity index (χ3n) is 6.68. The fourth-order valence-electron chi connectivity index (χ4n) is 4.46. The summed E-state index contributed by atoms with van der Waals surface area (Å²) in [5.41, 5.74) is 3.09. The van der Waals surface area contributed by atoms with Gasteiger partial charge in [-0.1, -0.05) is 30.3 Å². The molecule has 0 radical (unpaired) electrons. The Morgan fingerprint density at radius 2 is 1.76 bits per heavy atom. The van der Waals surface area contributed by atoms with Gasteiger partial charge in [0.15, 0.2) is 11.5 Å². The summed E-state index contributed by atoms with van der Waals surface area (Å²) in [5, 5.41) is 0.790. The number of hydrogen-bond acceptors (Lipinski definition) is 7. The van der Waals surface area contributed by atoms with Crippen LogP contribution in [0.25, 0.3) is 10.9 Å². The van der Waals surface area contributed by atoms with Crippen LogP contribution in [0.5, 0.6) is 11.5 Å². The van der Waals surface area contributed by atoms with E-state index in [1.807, 2.05) is 26.0 Å². The highest BCUT2D eigenvalue weighted by molar-refractivity contribution is 7.89. The zero-order valence-electron chi connectivity index (χ0n) is 21.1. The number of ether oxygens (including phenoxy) is 3. The van der Waals surface area contributed by atoms with E-state index in [1.165, 1.54) is 29.6 Å². The number of aromatic nitrogens is 1. The molecule has 4 aromatic rings. The molecule has 10 heteroatoms. The van der Waals surface area contributed by atoms with Crippen LogP contribution in [-0.4, -0.2) is 37.6 Å². The van der Waals surface area contributed by atoms with Gasteiger partial charge in [0.1, 0.15) is 0 Å². The van der Waals surface area contributed by atoms with Crippen molar-refractivity contribution in [2.24, 2.45) is 0 Å². The van der Waals surface area contributed by atoms with Gasteiger partial charge in [-0.3, -0.25) is 4.79 Å². The third kappa shape index (κ3) is 4.64. The predicted molar refractivity (Wildman–Crippen MR) is 141 cm³/mol. The van der Waals surface area contributed by atoms with Crippen LogP contribution in [0.4, 0.5) is 0 Å². The number of benzene rings is 3. The Bertz CT molecular complexity index is 1730. The molecule has 1 aliphatic heterocycles. The maximum Gasteiger partial charge on any atom is 0.339 e. The average Bonchev–Trinajstić information content (AvgIpc) is 3.39. The molecular formula is C28H26N2O7S. The Hall–Kier alpha value is -4.15. The number of fused-ring (bicyclic) bond motifs is 2. The van der Waals surface area contributed by atoms with Gasteiger partial charge in [-0.2, -0.15) is 4.31 Å². The van der Waals surface area contributed by atoms with Crippen molar-refractivity contribution < 1.29 is 27.4 Å². The van der Waals surface area contributed by atoms with Crippen LogP contribution >= 0.6 is 0 Å². The van der Waals surface area contributed by atoms with Crippen LogP contribution in [0.15, 0.2) is 70.4 Å². The second-order valence-corrected chi connectivity index (χ2v) is 11.0. The molecule has 1 N–H and O–H groups in total. The minimum absolute atomic E-state index is 0.0820. The van der Waals surface area contributed by atoms with Crippen LogP contribution < -0.4 is 15.0 Å². The molecule has 1 aromatic heterocycles. The van der Waals surface area contributed by atoms with Gasteiger partial charge in [-0.05, 0) is 66.3 Å². The molecule has 196 valence electrons. The topological polar surface area (TPSA) is 115 Å². The van der Waals surface area contributed by atoms with E-state index >= 15 is 0 Å². The van der Waals surface area contributed by atoms with Crippen LogP contribution in [0, 0.1) is 13.8 Å². The number of H-pyrrole nitrogens is 1. The second kappa shape index (κ2) is 9.96. The van der Waals surface area contributed by atoms with Gasteiger partial charge in [0.05, 0.1) is 23.1 Å². The second-order valence-electron chi connectivity index (χ2n) is 9.04. The van der Waals surface area contributed by atoms with E-state index < -0.39 is 21.6 Å². The first kappa shape index (κ1) is 25.5. The summed E-state index contributed by atoms with van der Waals surface area (Å²) >= 11 is 0. The highest BCUT2D eigenvalue weighted by atomic mass is 32.2. The number of aryl methyl sites for hydroxylation is 2. The van der Waals surface area contributed by atoms with E-state index in [4.69, 9.17) is 14.2 Å². The maximum absolute atomic E-state index is 14.0. The predicted octanol–water partition coefficient (Wildman–Crippen LogP) is 4.05. The van der Waals surface area contributed by atoms with Gasteiger partial charge in [0.25, 0.3) is 5.56 Å². The van der Waals surface area contributed by atoms with Gasteiger partial charge >= 0.3 is 5.97 Å². The molecule has 0 fully saturated rings. The number of pyridine rings is 1. The van der Waals surface area contributed by atoms with Gasteiger partial charge in [-0.15, -0.1) is 0 Å². The molecule has 0 saturated carbocycles. The first-order valence-electron chi connectivity index (χ1n) is 11.9. The fourth-order valence-corrected chi connectivity index (χ4v) is 6.04. The summed E-state index contributed by atoms with van der Waals surface area (Å²) in [7, 11) is -3.09. The summed E-state index contributed by atoms with van der Waals surface area (Å²) in [5.74, 6) is 0.293. The molecule has 0 aliphatic carbocycles. The van der Waals surface area contributed by atoms with Crippen molar-refractivity contribution >= 4 is 26.9 Å². The minimum Gasteiger partial charge on any atom is -0.465 e. The van der Waals surface area contributed by atoms with Crippen molar-refractivity contribution in [2.75, 3.05) is 13.9 Å². The summed E-state index contributed by atoms with van der Waals surface area (Å²) < 4.78 is 44.9. The van der Waals surface area contributed by atoms with E-state index in [-0.39, 0.29) is 35.9 Å².